The van der Waals surface area contributed by atoms with E-state index >= 15 is 0 Å². The fourth-order valence-electron chi connectivity index (χ4n) is 1.50. The predicted octanol–water partition coefficient (Wildman–Crippen LogP) is 3.84. The van der Waals surface area contributed by atoms with E-state index in [1.807, 2.05) is 12.1 Å². The van der Waals surface area contributed by atoms with E-state index in [-0.39, 0.29) is 0 Å². The first-order valence-corrected chi connectivity index (χ1v) is 7.70. The van der Waals surface area contributed by atoms with Gasteiger partial charge in [-0.3, -0.25) is 0 Å². The summed E-state index contributed by atoms with van der Waals surface area (Å²) in [6.45, 7) is 3.99. The van der Waals surface area contributed by atoms with Crippen LogP contribution in [-0.2, 0) is 6.54 Å². The molecule has 96 valence electrons. The highest BCUT2D eigenvalue weighted by Crippen LogP contribution is 2.36. The van der Waals surface area contributed by atoms with Crippen molar-refractivity contribution in [1.29, 1.82) is 0 Å². The Morgan fingerprint density at radius 1 is 1.44 bits per heavy atom. The number of halogens is 1. The Hall–Kier alpha value is -0.620. The van der Waals surface area contributed by atoms with Gasteiger partial charge in [-0.1, -0.05) is 42.4 Å². The third-order valence-corrected chi connectivity index (χ3v) is 4.65. The number of hydrogen-bond acceptors (Lipinski definition) is 5. The highest BCUT2D eigenvalue weighted by molar-refractivity contribution is 8.01. The summed E-state index contributed by atoms with van der Waals surface area (Å²) >= 11 is 9.23. The van der Waals surface area contributed by atoms with Crippen LogP contribution in [0.1, 0.15) is 18.9 Å². The largest absolute Gasteiger partial charge is 0.313 e. The summed E-state index contributed by atoms with van der Waals surface area (Å²) in [7, 11) is 0. The standard InChI is InChI=1S/C12H14ClN3S2/c1-2-6-14-7-9-4-3-5-10(13)11(9)17-12-15-8-16-18-12/h3-5,8,14H,2,6-7H2,1H3. The fraction of sp³-hybridized carbons (Fsp3) is 0.333. The smallest absolute Gasteiger partial charge is 0.174 e. The molecule has 0 aliphatic rings. The maximum atomic E-state index is 6.27. The van der Waals surface area contributed by atoms with Gasteiger partial charge in [0.05, 0.1) is 5.02 Å². The van der Waals surface area contributed by atoms with E-state index in [2.05, 4.69) is 27.7 Å². The normalized spacial score (nSPS) is 10.8. The number of nitrogens with zero attached hydrogens (tertiary/aromatic N) is 2. The summed E-state index contributed by atoms with van der Waals surface area (Å²) < 4.78 is 4.92. The molecule has 1 heterocycles. The summed E-state index contributed by atoms with van der Waals surface area (Å²) in [6, 6.07) is 5.99. The molecule has 0 radical (unpaired) electrons. The molecule has 0 bridgehead atoms. The van der Waals surface area contributed by atoms with Crippen LogP contribution in [-0.4, -0.2) is 15.9 Å². The van der Waals surface area contributed by atoms with Crippen molar-refractivity contribution >= 4 is 34.9 Å². The van der Waals surface area contributed by atoms with Gasteiger partial charge >= 0.3 is 0 Å². The molecule has 6 heteroatoms. The van der Waals surface area contributed by atoms with Crippen molar-refractivity contribution in [3.05, 3.63) is 35.1 Å². The van der Waals surface area contributed by atoms with Crippen molar-refractivity contribution in [2.75, 3.05) is 6.54 Å². The van der Waals surface area contributed by atoms with E-state index in [1.165, 1.54) is 17.1 Å². The molecule has 0 atom stereocenters. The maximum absolute atomic E-state index is 6.27. The summed E-state index contributed by atoms with van der Waals surface area (Å²) in [6.07, 6.45) is 2.69. The number of nitrogens with one attached hydrogen (secondary N) is 1. The second-order valence-corrected chi connectivity index (χ2v) is 6.16. The van der Waals surface area contributed by atoms with Crippen LogP contribution >= 0.6 is 34.9 Å². The monoisotopic (exact) mass is 299 g/mol. The molecule has 0 aliphatic heterocycles. The molecule has 1 aromatic heterocycles. The van der Waals surface area contributed by atoms with Gasteiger partial charge in [-0.05, 0) is 36.1 Å². The van der Waals surface area contributed by atoms with Crippen LogP contribution in [0, 0.1) is 0 Å². The van der Waals surface area contributed by atoms with Gasteiger partial charge in [0, 0.05) is 11.4 Å². The van der Waals surface area contributed by atoms with Gasteiger partial charge in [0.25, 0.3) is 0 Å². The van der Waals surface area contributed by atoms with Crippen LogP contribution in [0.3, 0.4) is 0 Å². The van der Waals surface area contributed by atoms with Crippen LogP contribution in [0.5, 0.6) is 0 Å². The number of aromatic nitrogens is 2. The van der Waals surface area contributed by atoms with Gasteiger partial charge in [-0.15, -0.1) is 0 Å². The predicted molar refractivity (Wildman–Crippen MR) is 77.5 cm³/mol. The zero-order valence-corrected chi connectivity index (χ0v) is 12.4. The molecule has 0 spiro atoms. The van der Waals surface area contributed by atoms with Gasteiger partial charge in [0.1, 0.15) is 6.33 Å². The van der Waals surface area contributed by atoms with E-state index in [0.29, 0.717) is 0 Å². The van der Waals surface area contributed by atoms with E-state index < -0.39 is 0 Å². The third kappa shape index (κ3) is 3.68. The summed E-state index contributed by atoms with van der Waals surface area (Å²) in [5, 5.41) is 4.16. The van der Waals surface area contributed by atoms with E-state index in [0.717, 1.165) is 33.8 Å². The highest BCUT2D eigenvalue weighted by atomic mass is 35.5. The minimum Gasteiger partial charge on any atom is -0.313 e. The number of hydrogen-bond donors (Lipinski definition) is 1. The topological polar surface area (TPSA) is 37.8 Å². The van der Waals surface area contributed by atoms with Crippen LogP contribution in [0.4, 0.5) is 0 Å². The van der Waals surface area contributed by atoms with Gasteiger partial charge in [0.15, 0.2) is 4.34 Å². The summed E-state index contributed by atoms with van der Waals surface area (Å²) in [5.41, 5.74) is 1.20. The van der Waals surface area contributed by atoms with Crippen molar-refractivity contribution < 1.29 is 0 Å². The summed E-state index contributed by atoms with van der Waals surface area (Å²) in [4.78, 5) is 5.25. The van der Waals surface area contributed by atoms with Gasteiger partial charge in [-0.25, -0.2) is 4.98 Å². The Kier molecular flexibility index (Phi) is 5.44. The molecule has 18 heavy (non-hydrogen) atoms. The zero-order chi connectivity index (χ0) is 12.8. The lowest BCUT2D eigenvalue weighted by Gasteiger charge is -2.10. The Morgan fingerprint density at radius 3 is 3.06 bits per heavy atom. The van der Waals surface area contributed by atoms with Crippen LogP contribution in [0.15, 0.2) is 33.8 Å². The minimum atomic E-state index is 0.769. The van der Waals surface area contributed by atoms with Gasteiger partial charge < -0.3 is 5.32 Å². The van der Waals surface area contributed by atoms with Crippen molar-refractivity contribution in [2.24, 2.45) is 0 Å². The van der Waals surface area contributed by atoms with E-state index in [1.54, 1.807) is 18.1 Å². The highest BCUT2D eigenvalue weighted by Gasteiger charge is 2.10. The number of rotatable bonds is 6. The SMILES string of the molecule is CCCNCc1cccc(Cl)c1Sc1ncns1. The van der Waals surface area contributed by atoms with E-state index in [4.69, 9.17) is 11.6 Å². The Morgan fingerprint density at radius 2 is 2.33 bits per heavy atom. The lowest BCUT2D eigenvalue weighted by Crippen LogP contribution is -2.14. The molecule has 1 aromatic carbocycles. The first-order chi connectivity index (χ1) is 8.81. The van der Waals surface area contributed by atoms with Crippen molar-refractivity contribution in [3.8, 4) is 0 Å². The Bertz CT molecular complexity index is 488. The molecular weight excluding hydrogens is 286 g/mol. The maximum Gasteiger partial charge on any atom is 0.174 e. The van der Waals surface area contributed by atoms with E-state index in [9.17, 15) is 0 Å². The second-order valence-electron chi connectivity index (χ2n) is 3.71. The average Bonchev–Trinajstić information content (AvgIpc) is 2.86. The summed E-state index contributed by atoms with van der Waals surface area (Å²) in [5.74, 6) is 0. The van der Waals surface area contributed by atoms with Crippen LogP contribution in [0.2, 0.25) is 5.02 Å². The van der Waals surface area contributed by atoms with Gasteiger partial charge in [-0.2, -0.15) is 4.37 Å². The molecule has 2 rings (SSSR count). The molecule has 0 fully saturated rings. The molecule has 2 aromatic rings. The van der Waals surface area contributed by atoms with Crippen molar-refractivity contribution in [3.63, 3.8) is 0 Å². The van der Waals surface area contributed by atoms with Gasteiger partial charge in [0.2, 0.25) is 0 Å². The molecule has 0 saturated heterocycles. The Labute approximate surface area is 120 Å². The van der Waals surface area contributed by atoms with Crippen molar-refractivity contribution in [1.82, 2.24) is 14.7 Å². The molecule has 0 amide bonds. The minimum absolute atomic E-state index is 0.769. The second kappa shape index (κ2) is 7.09. The quantitative estimate of drug-likeness (QED) is 0.822. The third-order valence-electron chi connectivity index (χ3n) is 2.32. The molecular formula is C12H14ClN3S2. The fourth-order valence-corrected chi connectivity index (χ4v) is 3.33. The molecule has 0 aliphatic carbocycles. The zero-order valence-electron chi connectivity index (χ0n) is 10.0. The molecule has 1 N–H and O–H groups in total. The average molecular weight is 300 g/mol. The first kappa shape index (κ1) is 13.8. The molecule has 3 nitrogen and oxygen atoms in total. The Balaban J connectivity index is 2.15. The lowest BCUT2D eigenvalue weighted by atomic mass is 10.2. The van der Waals surface area contributed by atoms with Crippen LogP contribution in [0.25, 0.3) is 0 Å². The molecule has 0 unspecified atom stereocenters. The van der Waals surface area contributed by atoms with Crippen LogP contribution < -0.4 is 5.32 Å². The van der Waals surface area contributed by atoms with Crippen molar-refractivity contribution in [2.45, 2.75) is 29.1 Å². The number of benzene rings is 1. The first-order valence-electron chi connectivity index (χ1n) is 5.74. The lowest BCUT2D eigenvalue weighted by molar-refractivity contribution is 0.669. The molecule has 0 saturated carbocycles.